The van der Waals surface area contributed by atoms with Crippen LogP contribution in [-0.4, -0.2) is 11.2 Å². The van der Waals surface area contributed by atoms with Crippen LogP contribution in [0.4, 0.5) is 0 Å². The van der Waals surface area contributed by atoms with Crippen LogP contribution in [0, 0.1) is 6.92 Å². The third-order valence-electron chi connectivity index (χ3n) is 3.28. The Kier molecular flexibility index (Phi) is 3.49. The first-order valence-electron chi connectivity index (χ1n) is 6.12. The van der Waals surface area contributed by atoms with Crippen molar-refractivity contribution < 1.29 is 9.84 Å². The molecule has 0 bridgehead atoms. The van der Waals surface area contributed by atoms with Crippen LogP contribution in [0.1, 0.15) is 49.8 Å². The summed E-state index contributed by atoms with van der Waals surface area (Å²) < 4.78 is 5.96. The number of benzene rings is 1. The summed E-state index contributed by atoms with van der Waals surface area (Å²) in [6, 6.07) is 5.94. The molecular formula is C14H20O2. The van der Waals surface area contributed by atoms with Gasteiger partial charge < -0.3 is 9.84 Å². The number of aryl methyl sites for hydroxylation is 1. The molecule has 0 aromatic heterocycles. The Morgan fingerprint density at radius 3 is 2.56 bits per heavy atom. The van der Waals surface area contributed by atoms with Gasteiger partial charge in [-0.15, -0.1) is 0 Å². The summed E-state index contributed by atoms with van der Waals surface area (Å²) in [5, 5.41) is 9.48. The molecule has 16 heavy (non-hydrogen) atoms. The minimum atomic E-state index is -0.403. The zero-order valence-electron chi connectivity index (χ0n) is 10.1. The van der Waals surface area contributed by atoms with E-state index >= 15 is 0 Å². The summed E-state index contributed by atoms with van der Waals surface area (Å²) in [5.41, 5.74) is 2.07. The summed E-state index contributed by atoms with van der Waals surface area (Å²) >= 11 is 0. The topological polar surface area (TPSA) is 29.5 Å². The van der Waals surface area contributed by atoms with Gasteiger partial charge in [0.25, 0.3) is 0 Å². The zero-order valence-corrected chi connectivity index (χ0v) is 10.1. The minimum absolute atomic E-state index is 0.399. The summed E-state index contributed by atoms with van der Waals surface area (Å²) in [4.78, 5) is 0. The normalized spacial score (nSPS) is 18.7. The van der Waals surface area contributed by atoms with Crippen molar-refractivity contribution >= 4 is 0 Å². The SMILES string of the molecule is Cc1cc([C@H](C)O)ccc1OC1CCCC1. The maximum absolute atomic E-state index is 9.48. The number of ether oxygens (including phenoxy) is 1. The fourth-order valence-electron chi connectivity index (χ4n) is 2.25. The summed E-state index contributed by atoms with van der Waals surface area (Å²) in [6.07, 6.45) is 4.93. The Hall–Kier alpha value is -1.02. The van der Waals surface area contributed by atoms with Gasteiger partial charge in [0.05, 0.1) is 12.2 Å². The lowest BCUT2D eigenvalue weighted by molar-refractivity contribution is 0.197. The molecule has 1 aromatic rings. The highest BCUT2D eigenvalue weighted by Crippen LogP contribution is 2.28. The molecule has 1 saturated carbocycles. The van der Waals surface area contributed by atoms with Gasteiger partial charge in [0, 0.05) is 0 Å². The van der Waals surface area contributed by atoms with E-state index < -0.39 is 6.10 Å². The van der Waals surface area contributed by atoms with Crippen LogP contribution in [0.15, 0.2) is 18.2 Å². The number of hydrogen-bond acceptors (Lipinski definition) is 2. The highest BCUT2D eigenvalue weighted by atomic mass is 16.5. The molecule has 1 N–H and O–H groups in total. The molecule has 0 heterocycles. The molecule has 1 aliphatic carbocycles. The molecule has 0 radical (unpaired) electrons. The van der Waals surface area contributed by atoms with E-state index in [1.165, 1.54) is 25.7 Å². The van der Waals surface area contributed by atoms with Crippen LogP contribution < -0.4 is 4.74 Å². The van der Waals surface area contributed by atoms with Gasteiger partial charge in [-0.1, -0.05) is 6.07 Å². The average Bonchev–Trinajstić information content (AvgIpc) is 2.73. The quantitative estimate of drug-likeness (QED) is 0.846. The minimum Gasteiger partial charge on any atom is -0.490 e. The fourth-order valence-corrected chi connectivity index (χ4v) is 2.25. The Labute approximate surface area is 97.3 Å². The Balaban J connectivity index is 2.09. The van der Waals surface area contributed by atoms with E-state index in [-0.39, 0.29) is 0 Å². The van der Waals surface area contributed by atoms with E-state index in [1.807, 2.05) is 25.1 Å². The van der Waals surface area contributed by atoms with Crippen molar-refractivity contribution in [3.8, 4) is 5.75 Å². The van der Waals surface area contributed by atoms with Crippen molar-refractivity contribution in [3.05, 3.63) is 29.3 Å². The van der Waals surface area contributed by atoms with Crippen molar-refractivity contribution in [2.24, 2.45) is 0 Å². The molecule has 0 amide bonds. The van der Waals surface area contributed by atoms with Crippen molar-refractivity contribution in [1.29, 1.82) is 0 Å². The Bertz CT molecular complexity index is 352. The van der Waals surface area contributed by atoms with Crippen molar-refractivity contribution in [2.75, 3.05) is 0 Å². The Morgan fingerprint density at radius 2 is 2.00 bits per heavy atom. The van der Waals surface area contributed by atoms with Gasteiger partial charge in [0.2, 0.25) is 0 Å². The van der Waals surface area contributed by atoms with E-state index in [0.717, 1.165) is 16.9 Å². The molecule has 0 unspecified atom stereocenters. The largest absolute Gasteiger partial charge is 0.490 e. The number of aliphatic hydroxyl groups excluding tert-OH is 1. The van der Waals surface area contributed by atoms with Crippen LogP contribution in [0.3, 0.4) is 0 Å². The number of hydrogen-bond donors (Lipinski definition) is 1. The van der Waals surface area contributed by atoms with Gasteiger partial charge >= 0.3 is 0 Å². The number of aliphatic hydroxyl groups is 1. The second kappa shape index (κ2) is 4.88. The summed E-state index contributed by atoms with van der Waals surface area (Å²) in [7, 11) is 0. The molecule has 2 nitrogen and oxygen atoms in total. The molecule has 2 rings (SSSR count). The average molecular weight is 220 g/mol. The summed E-state index contributed by atoms with van der Waals surface area (Å²) in [5.74, 6) is 0.969. The van der Waals surface area contributed by atoms with E-state index in [4.69, 9.17) is 4.74 Å². The van der Waals surface area contributed by atoms with E-state index in [2.05, 4.69) is 0 Å². The van der Waals surface area contributed by atoms with Crippen LogP contribution in [-0.2, 0) is 0 Å². The van der Waals surface area contributed by atoms with Crippen molar-refractivity contribution in [2.45, 2.75) is 51.7 Å². The van der Waals surface area contributed by atoms with Crippen LogP contribution in [0.5, 0.6) is 5.75 Å². The second-order valence-electron chi connectivity index (χ2n) is 4.73. The van der Waals surface area contributed by atoms with Gasteiger partial charge in [-0.3, -0.25) is 0 Å². The zero-order chi connectivity index (χ0) is 11.5. The molecule has 0 saturated heterocycles. The third-order valence-corrected chi connectivity index (χ3v) is 3.28. The second-order valence-corrected chi connectivity index (χ2v) is 4.73. The molecule has 1 atom stereocenters. The maximum Gasteiger partial charge on any atom is 0.122 e. The van der Waals surface area contributed by atoms with E-state index in [1.54, 1.807) is 6.92 Å². The van der Waals surface area contributed by atoms with Gasteiger partial charge in [-0.25, -0.2) is 0 Å². The summed E-state index contributed by atoms with van der Waals surface area (Å²) in [6.45, 7) is 3.82. The van der Waals surface area contributed by atoms with Crippen LogP contribution >= 0.6 is 0 Å². The molecular weight excluding hydrogens is 200 g/mol. The van der Waals surface area contributed by atoms with Crippen molar-refractivity contribution in [3.63, 3.8) is 0 Å². The molecule has 1 aliphatic rings. The predicted molar refractivity (Wildman–Crippen MR) is 64.7 cm³/mol. The maximum atomic E-state index is 9.48. The fraction of sp³-hybridized carbons (Fsp3) is 0.571. The lowest BCUT2D eigenvalue weighted by Gasteiger charge is -2.16. The highest BCUT2D eigenvalue weighted by Gasteiger charge is 2.17. The first-order valence-corrected chi connectivity index (χ1v) is 6.12. The van der Waals surface area contributed by atoms with Crippen LogP contribution in [0.2, 0.25) is 0 Å². The third kappa shape index (κ3) is 2.56. The van der Waals surface area contributed by atoms with Gasteiger partial charge in [-0.05, 0) is 62.8 Å². The van der Waals surface area contributed by atoms with Gasteiger partial charge in [-0.2, -0.15) is 0 Å². The van der Waals surface area contributed by atoms with Gasteiger partial charge in [0.1, 0.15) is 5.75 Å². The molecule has 88 valence electrons. The molecule has 2 heteroatoms. The predicted octanol–water partition coefficient (Wildman–Crippen LogP) is 3.37. The lowest BCUT2D eigenvalue weighted by atomic mass is 10.1. The van der Waals surface area contributed by atoms with E-state index in [0.29, 0.717) is 6.10 Å². The van der Waals surface area contributed by atoms with Crippen molar-refractivity contribution in [1.82, 2.24) is 0 Å². The Morgan fingerprint density at radius 1 is 1.31 bits per heavy atom. The van der Waals surface area contributed by atoms with E-state index in [9.17, 15) is 5.11 Å². The molecule has 1 fully saturated rings. The molecule has 0 aliphatic heterocycles. The van der Waals surface area contributed by atoms with Gasteiger partial charge in [0.15, 0.2) is 0 Å². The highest BCUT2D eigenvalue weighted by molar-refractivity contribution is 5.37. The first-order chi connectivity index (χ1) is 7.66. The number of rotatable bonds is 3. The molecule has 0 spiro atoms. The first kappa shape index (κ1) is 11.5. The lowest BCUT2D eigenvalue weighted by Crippen LogP contribution is -2.11. The molecule has 1 aromatic carbocycles. The monoisotopic (exact) mass is 220 g/mol. The standard InChI is InChI=1S/C14H20O2/c1-10-9-12(11(2)15)7-8-14(10)16-13-5-3-4-6-13/h7-9,11,13,15H,3-6H2,1-2H3/t11-/m0/s1. The van der Waals surface area contributed by atoms with Crippen LogP contribution in [0.25, 0.3) is 0 Å². The smallest absolute Gasteiger partial charge is 0.122 e.